The van der Waals surface area contributed by atoms with Crippen LogP contribution in [0.2, 0.25) is 0 Å². The minimum Gasteiger partial charge on any atom is -0.381 e. The Labute approximate surface area is 131 Å². The van der Waals surface area contributed by atoms with Crippen molar-refractivity contribution in [3.63, 3.8) is 0 Å². The molecular weight excluding hydrogens is 290 g/mol. The fourth-order valence-electron chi connectivity index (χ4n) is 2.82. The Kier molecular flexibility index (Phi) is 2.90. The maximum absolute atomic E-state index is 12.9. The van der Waals surface area contributed by atoms with Crippen LogP contribution in [0.4, 0.5) is 5.82 Å². The van der Waals surface area contributed by atoms with Gasteiger partial charge in [-0.1, -0.05) is 42.5 Å². The Morgan fingerprint density at radius 1 is 1.04 bits per heavy atom. The Balaban J connectivity index is 2.03. The third-order valence-corrected chi connectivity index (χ3v) is 4.04. The van der Waals surface area contributed by atoms with Crippen molar-refractivity contribution in [1.82, 2.24) is 19.2 Å². The predicted octanol–water partition coefficient (Wildman–Crippen LogP) is 2.24. The highest BCUT2D eigenvalue weighted by molar-refractivity contribution is 5.81. The zero-order valence-electron chi connectivity index (χ0n) is 12.5. The Hall–Kier alpha value is -3.15. The Morgan fingerprint density at radius 2 is 1.74 bits per heavy atom. The molecule has 0 aliphatic heterocycles. The predicted molar refractivity (Wildman–Crippen MR) is 89.4 cm³/mol. The van der Waals surface area contributed by atoms with E-state index < -0.39 is 0 Å². The third kappa shape index (κ3) is 1.99. The van der Waals surface area contributed by atoms with E-state index in [0.717, 1.165) is 5.56 Å². The molecule has 2 N–H and O–H groups in total. The fraction of sp³-hybridized carbons (Fsp3) is 0.118. The van der Waals surface area contributed by atoms with Gasteiger partial charge in [0.25, 0.3) is 0 Å². The number of aromatic nitrogens is 4. The van der Waals surface area contributed by atoms with Crippen LogP contribution >= 0.6 is 0 Å². The summed E-state index contributed by atoms with van der Waals surface area (Å²) < 4.78 is 2.98. The molecule has 0 saturated heterocycles. The summed E-state index contributed by atoms with van der Waals surface area (Å²) in [4.78, 5) is 17.2. The number of para-hydroxylation sites is 2. The highest BCUT2D eigenvalue weighted by Gasteiger charge is 2.18. The molecule has 0 bridgehead atoms. The summed E-state index contributed by atoms with van der Waals surface area (Å²) >= 11 is 0. The summed E-state index contributed by atoms with van der Waals surface area (Å²) in [5.74, 6) is 0.250. The number of benzene rings is 2. The molecule has 1 atom stereocenters. The first-order valence-electron chi connectivity index (χ1n) is 7.37. The zero-order valence-corrected chi connectivity index (χ0v) is 12.5. The van der Waals surface area contributed by atoms with Crippen LogP contribution in [0.15, 0.2) is 59.4 Å². The van der Waals surface area contributed by atoms with Crippen molar-refractivity contribution in [2.75, 3.05) is 5.73 Å². The van der Waals surface area contributed by atoms with Gasteiger partial charge in [0.1, 0.15) is 0 Å². The number of fused-ring (bicyclic) bond motifs is 3. The summed E-state index contributed by atoms with van der Waals surface area (Å²) in [5.41, 5.74) is 8.54. The van der Waals surface area contributed by atoms with Gasteiger partial charge in [0, 0.05) is 0 Å². The van der Waals surface area contributed by atoms with Crippen LogP contribution in [-0.2, 0) is 0 Å². The molecule has 1 unspecified atom stereocenters. The minimum absolute atomic E-state index is 0.193. The fourth-order valence-corrected chi connectivity index (χ4v) is 2.82. The largest absolute Gasteiger partial charge is 0.381 e. The first-order valence-corrected chi connectivity index (χ1v) is 7.37. The molecule has 2 heterocycles. The topological polar surface area (TPSA) is 78.2 Å². The van der Waals surface area contributed by atoms with E-state index in [2.05, 4.69) is 10.1 Å². The lowest BCUT2D eigenvalue weighted by atomic mass is 10.1. The zero-order chi connectivity index (χ0) is 16.0. The summed E-state index contributed by atoms with van der Waals surface area (Å²) in [6.45, 7) is 1.94. The second kappa shape index (κ2) is 4.95. The number of nitrogens with zero attached hydrogens (tertiary/aromatic N) is 4. The molecular formula is C17H15N5O. The van der Waals surface area contributed by atoms with Crippen molar-refractivity contribution in [2.45, 2.75) is 13.0 Å². The molecule has 6 heteroatoms. The smallest absolute Gasteiger partial charge is 0.351 e. The monoisotopic (exact) mass is 305 g/mol. The molecule has 4 rings (SSSR count). The van der Waals surface area contributed by atoms with Crippen LogP contribution in [0.25, 0.3) is 16.7 Å². The van der Waals surface area contributed by atoms with Gasteiger partial charge in [-0.25, -0.2) is 18.9 Å². The molecule has 0 amide bonds. The average molecular weight is 305 g/mol. The number of hydrogen-bond acceptors (Lipinski definition) is 4. The molecule has 114 valence electrons. The van der Waals surface area contributed by atoms with Crippen molar-refractivity contribution >= 4 is 22.5 Å². The van der Waals surface area contributed by atoms with Gasteiger partial charge in [0.15, 0.2) is 5.82 Å². The first kappa shape index (κ1) is 13.5. The maximum atomic E-state index is 12.9. The quantitative estimate of drug-likeness (QED) is 0.616. The molecule has 2 aromatic heterocycles. The highest BCUT2D eigenvalue weighted by atomic mass is 16.2. The van der Waals surface area contributed by atoms with Gasteiger partial charge in [-0.15, -0.1) is 5.10 Å². The van der Waals surface area contributed by atoms with E-state index in [1.807, 2.05) is 61.5 Å². The van der Waals surface area contributed by atoms with E-state index in [0.29, 0.717) is 16.7 Å². The van der Waals surface area contributed by atoms with Crippen LogP contribution in [0.3, 0.4) is 0 Å². The van der Waals surface area contributed by atoms with Gasteiger partial charge in [0.2, 0.25) is 5.65 Å². The normalized spacial score (nSPS) is 12.7. The lowest BCUT2D eigenvalue weighted by Gasteiger charge is -2.10. The average Bonchev–Trinajstić information content (AvgIpc) is 2.94. The van der Waals surface area contributed by atoms with Crippen LogP contribution in [0.1, 0.15) is 18.5 Å². The molecule has 0 spiro atoms. The number of nitrogen functional groups attached to an aromatic ring is 1. The number of hydrogen-bond donors (Lipinski definition) is 1. The van der Waals surface area contributed by atoms with Gasteiger partial charge in [0.05, 0.1) is 17.1 Å². The molecule has 0 fully saturated rings. The summed E-state index contributed by atoms with van der Waals surface area (Å²) in [6.07, 6.45) is 0. The van der Waals surface area contributed by atoms with Gasteiger partial charge >= 0.3 is 5.69 Å². The molecule has 0 aliphatic carbocycles. The van der Waals surface area contributed by atoms with Crippen LogP contribution in [0, 0.1) is 0 Å². The molecule has 6 nitrogen and oxygen atoms in total. The summed E-state index contributed by atoms with van der Waals surface area (Å²) in [5, 5.41) is 4.42. The lowest BCUT2D eigenvalue weighted by Crippen LogP contribution is -2.25. The molecule has 0 saturated carbocycles. The molecule has 2 aromatic carbocycles. The van der Waals surface area contributed by atoms with E-state index in [-0.39, 0.29) is 17.5 Å². The SMILES string of the molecule is CC(c1ccccc1)n1nc2c(N)nc3ccccc3n2c1=O. The van der Waals surface area contributed by atoms with Crippen LogP contribution in [-0.4, -0.2) is 19.2 Å². The van der Waals surface area contributed by atoms with Crippen molar-refractivity contribution in [3.05, 3.63) is 70.6 Å². The standard InChI is InChI=1S/C17H15N5O/c1-11(12-7-3-2-4-8-12)22-17(23)21-14-10-6-5-9-13(14)19-15(18)16(21)20-22/h2-11H,1H3,(H2,18,19). The van der Waals surface area contributed by atoms with Crippen molar-refractivity contribution in [1.29, 1.82) is 0 Å². The number of anilines is 1. The van der Waals surface area contributed by atoms with Crippen molar-refractivity contribution in [2.24, 2.45) is 0 Å². The van der Waals surface area contributed by atoms with E-state index in [9.17, 15) is 4.79 Å². The Morgan fingerprint density at radius 3 is 2.52 bits per heavy atom. The van der Waals surface area contributed by atoms with E-state index >= 15 is 0 Å². The second-order valence-electron chi connectivity index (χ2n) is 5.46. The van der Waals surface area contributed by atoms with Gasteiger partial charge in [-0.3, -0.25) is 0 Å². The summed E-state index contributed by atoms with van der Waals surface area (Å²) in [6, 6.07) is 17.0. The van der Waals surface area contributed by atoms with Crippen molar-refractivity contribution in [3.8, 4) is 0 Å². The molecule has 0 radical (unpaired) electrons. The first-order chi connectivity index (χ1) is 11.2. The number of nitrogens with two attached hydrogens (primary N) is 1. The molecule has 0 aliphatic rings. The van der Waals surface area contributed by atoms with E-state index in [1.165, 1.54) is 9.08 Å². The van der Waals surface area contributed by atoms with Crippen LogP contribution in [0.5, 0.6) is 0 Å². The minimum atomic E-state index is -0.221. The van der Waals surface area contributed by atoms with Gasteiger partial charge < -0.3 is 5.73 Å². The third-order valence-electron chi connectivity index (χ3n) is 4.04. The molecule has 4 aromatic rings. The molecule has 23 heavy (non-hydrogen) atoms. The lowest BCUT2D eigenvalue weighted by molar-refractivity contribution is 0.545. The van der Waals surface area contributed by atoms with Crippen molar-refractivity contribution < 1.29 is 0 Å². The van der Waals surface area contributed by atoms with E-state index in [1.54, 1.807) is 0 Å². The van der Waals surface area contributed by atoms with Gasteiger partial charge in [-0.2, -0.15) is 0 Å². The highest BCUT2D eigenvalue weighted by Crippen LogP contribution is 2.19. The van der Waals surface area contributed by atoms with Crippen LogP contribution < -0.4 is 11.4 Å². The number of rotatable bonds is 2. The van der Waals surface area contributed by atoms with E-state index in [4.69, 9.17) is 5.73 Å². The van der Waals surface area contributed by atoms with Gasteiger partial charge in [-0.05, 0) is 24.6 Å². The summed E-state index contributed by atoms with van der Waals surface area (Å²) in [7, 11) is 0. The second-order valence-corrected chi connectivity index (χ2v) is 5.46. The Bertz CT molecular complexity index is 1060. The maximum Gasteiger partial charge on any atom is 0.351 e.